The van der Waals surface area contributed by atoms with Gasteiger partial charge in [-0.3, -0.25) is 0 Å². The fourth-order valence-corrected chi connectivity index (χ4v) is 2.46. The molecule has 0 spiro atoms. The number of rotatable bonds is 2. The normalized spacial score (nSPS) is 21.9. The minimum Gasteiger partial charge on any atom is -0.479 e. The van der Waals surface area contributed by atoms with Crippen LogP contribution in [0.1, 0.15) is 36.3 Å². The van der Waals surface area contributed by atoms with Crippen LogP contribution in [0.5, 0.6) is 0 Å². The topological polar surface area (TPSA) is 57.5 Å². The van der Waals surface area contributed by atoms with Crippen LogP contribution in [-0.4, -0.2) is 22.3 Å². The van der Waals surface area contributed by atoms with Crippen LogP contribution in [0.25, 0.3) is 0 Å². The Balaban J connectivity index is 2.36. The molecular weight excluding hydrogens is 204 g/mol. The van der Waals surface area contributed by atoms with Crippen LogP contribution in [0.2, 0.25) is 0 Å². The number of fused-ring (bicyclic) bond motifs is 1. The lowest BCUT2D eigenvalue weighted by Gasteiger charge is -2.20. The number of hydrogen-bond donors (Lipinski definition) is 2. The number of benzene rings is 1. The summed E-state index contributed by atoms with van der Waals surface area (Å²) in [6.07, 6.45) is 2.51. The van der Waals surface area contributed by atoms with Crippen LogP contribution in [0.3, 0.4) is 0 Å². The van der Waals surface area contributed by atoms with Gasteiger partial charge in [0.25, 0.3) is 0 Å². The maximum absolute atomic E-state index is 10.9. The molecule has 0 saturated heterocycles. The van der Waals surface area contributed by atoms with Gasteiger partial charge in [0.15, 0.2) is 6.10 Å². The highest BCUT2D eigenvalue weighted by molar-refractivity contribution is 5.73. The summed E-state index contributed by atoms with van der Waals surface area (Å²) in [5, 5.41) is 18.6. The summed E-state index contributed by atoms with van der Waals surface area (Å²) in [6, 6.07) is 7.85. The van der Waals surface area contributed by atoms with Gasteiger partial charge < -0.3 is 10.2 Å². The van der Waals surface area contributed by atoms with Gasteiger partial charge >= 0.3 is 5.97 Å². The predicted molar refractivity (Wildman–Crippen MR) is 60.4 cm³/mol. The molecule has 0 aliphatic heterocycles. The van der Waals surface area contributed by atoms with Gasteiger partial charge in [-0.2, -0.15) is 0 Å². The number of aryl methyl sites for hydroxylation is 1. The highest BCUT2D eigenvalue weighted by atomic mass is 16.4. The molecule has 86 valence electrons. The number of aliphatic hydroxyl groups excluding tert-OH is 1. The molecule has 0 saturated carbocycles. The highest BCUT2D eigenvalue weighted by Gasteiger charge is 2.29. The summed E-state index contributed by atoms with van der Waals surface area (Å²) < 4.78 is 0. The fourth-order valence-electron chi connectivity index (χ4n) is 2.46. The van der Waals surface area contributed by atoms with E-state index in [1.54, 1.807) is 0 Å². The molecule has 3 nitrogen and oxygen atoms in total. The van der Waals surface area contributed by atoms with Crippen molar-refractivity contribution >= 4 is 5.97 Å². The first-order valence-electron chi connectivity index (χ1n) is 5.69. The number of aliphatic carboxylic acids is 1. The first-order chi connectivity index (χ1) is 7.70. The lowest BCUT2D eigenvalue weighted by Crippen LogP contribution is -2.27. The summed E-state index contributed by atoms with van der Waals surface area (Å²) in [5.41, 5.74) is 2.19. The summed E-state index contributed by atoms with van der Waals surface area (Å²) in [6.45, 7) is 0. The van der Waals surface area contributed by atoms with E-state index in [0.717, 1.165) is 31.2 Å². The Morgan fingerprint density at radius 3 is 2.81 bits per heavy atom. The summed E-state index contributed by atoms with van der Waals surface area (Å²) in [5.74, 6) is -1.38. The Labute approximate surface area is 94.7 Å². The number of aliphatic hydroxyl groups is 1. The Kier molecular flexibility index (Phi) is 3.25. The second-order valence-corrected chi connectivity index (χ2v) is 4.33. The molecule has 0 aromatic heterocycles. The number of carbonyl (C=O) groups is 1. The van der Waals surface area contributed by atoms with Crippen molar-refractivity contribution in [3.63, 3.8) is 0 Å². The maximum atomic E-state index is 10.9. The minimum atomic E-state index is -1.28. The zero-order chi connectivity index (χ0) is 11.5. The van der Waals surface area contributed by atoms with E-state index in [0.29, 0.717) is 0 Å². The summed E-state index contributed by atoms with van der Waals surface area (Å²) >= 11 is 0. The summed E-state index contributed by atoms with van der Waals surface area (Å²) in [4.78, 5) is 10.9. The summed E-state index contributed by atoms with van der Waals surface area (Å²) in [7, 11) is 0. The van der Waals surface area contributed by atoms with Crippen molar-refractivity contribution in [3.05, 3.63) is 35.4 Å². The Bertz CT molecular complexity index is 387. The third-order valence-electron chi connectivity index (χ3n) is 3.30. The molecule has 1 aliphatic rings. The van der Waals surface area contributed by atoms with Crippen molar-refractivity contribution in [1.29, 1.82) is 0 Å². The monoisotopic (exact) mass is 220 g/mol. The fraction of sp³-hybridized carbons (Fsp3) is 0.462. The quantitative estimate of drug-likeness (QED) is 0.749. The van der Waals surface area contributed by atoms with Crippen molar-refractivity contribution in [2.45, 2.75) is 37.7 Å². The van der Waals surface area contributed by atoms with E-state index >= 15 is 0 Å². The van der Waals surface area contributed by atoms with Gasteiger partial charge in [0.05, 0.1) is 0 Å². The van der Waals surface area contributed by atoms with Gasteiger partial charge in [-0.25, -0.2) is 4.79 Å². The van der Waals surface area contributed by atoms with Crippen molar-refractivity contribution in [2.75, 3.05) is 0 Å². The van der Waals surface area contributed by atoms with E-state index in [9.17, 15) is 9.90 Å². The molecule has 0 fully saturated rings. The molecule has 1 aromatic rings. The standard InChI is InChI=1S/C13H16O3/c14-12(13(15)16)11-8-4-2-6-9-5-1-3-7-10(9)11/h1,3,5,7,11-12,14H,2,4,6,8H2,(H,15,16). The molecule has 1 aromatic carbocycles. The zero-order valence-electron chi connectivity index (χ0n) is 9.10. The molecular formula is C13H16O3. The molecule has 0 heterocycles. The molecule has 2 N–H and O–H groups in total. The Morgan fingerprint density at radius 1 is 1.31 bits per heavy atom. The lowest BCUT2D eigenvalue weighted by atomic mass is 9.88. The van der Waals surface area contributed by atoms with Gasteiger partial charge in [-0.1, -0.05) is 30.7 Å². The zero-order valence-corrected chi connectivity index (χ0v) is 9.10. The number of hydrogen-bond acceptors (Lipinski definition) is 2. The van der Waals surface area contributed by atoms with Crippen molar-refractivity contribution in [1.82, 2.24) is 0 Å². The smallest absolute Gasteiger partial charge is 0.333 e. The molecule has 16 heavy (non-hydrogen) atoms. The van der Waals surface area contributed by atoms with Crippen molar-refractivity contribution < 1.29 is 15.0 Å². The van der Waals surface area contributed by atoms with E-state index < -0.39 is 12.1 Å². The SMILES string of the molecule is O=C(O)C(O)C1CCCCc2ccccc21. The first-order valence-corrected chi connectivity index (χ1v) is 5.69. The Hall–Kier alpha value is -1.35. The van der Waals surface area contributed by atoms with E-state index in [2.05, 4.69) is 0 Å². The molecule has 0 bridgehead atoms. The van der Waals surface area contributed by atoms with Crippen molar-refractivity contribution in [2.24, 2.45) is 0 Å². The van der Waals surface area contributed by atoms with Crippen LogP contribution < -0.4 is 0 Å². The van der Waals surface area contributed by atoms with E-state index in [4.69, 9.17) is 5.11 Å². The van der Waals surface area contributed by atoms with Crippen LogP contribution in [0.4, 0.5) is 0 Å². The third-order valence-corrected chi connectivity index (χ3v) is 3.30. The van der Waals surface area contributed by atoms with Crippen LogP contribution in [-0.2, 0) is 11.2 Å². The van der Waals surface area contributed by atoms with Crippen LogP contribution in [0, 0.1) is 0 Å². The molecule has 1 aliphatic carbocycles. The lowest BCUT2D eigenvalue weighted by molar-refractivity contribution is -0.148. The number of carboxylic acid groups (broad SMARTS) is 1. The molecule has 0 radical (unpaired) electrons. The Morgan fingerprint density at radius 2 is 2.06 bits per heavy atom. The van der Waals surface area contributed by atoms with Crippen LogP contribution >= 0.6 is 0 Å². The average molecular weight is 220 g/mol. The van der Waals surface area contributed by atoms with Crippen LogP contribution in [0.15, 0.2) is 24.3 Å². The predicted octanol–water partition coefficient (Wildman–Crippen LogP) is 1.94. The molecule has 3 heteroatoms. The van der Waals surface area contributed by atoms with Gasteiger partial charge in [-0.15, -0.1) is 0 Å². The van der Waals surface area contributed by atoms with Crippen molar-refractivity contribution in [3.8, 4) is 0 Å². The maximum Gasteiger partial charge on any atom is 0.333 e. The van der Waals surface area contributed by atoms with E-state index in [1.807, 2.05) is 24.3 Å². The van der Waals surface area contributed by atoms with E-state index in [1.165, 1.54) is 5.56 Å². The van der Waals surface area contributed by atoms with Gasteiger partial charge in [0.2, 0.25) is 0 Å². The molecule has 2 unspecified atom stereocenters. The van der Waals surface area contributed by atoms with Gasteiger partial charge in [-0.05, 0) is 30.4 Å². The molecule has 0 amide bonds. The highest BCUT2D eigenvalue weighted by Crippen LogP contribution is 2.32. The molecule has 2 atom stereocenters. The number of carboxylic acids is 1. The second-order valence-electron chi connectivity index (χ2n) is 4.33. The second kappa shape index (κ2) is 4.66. The van der Waals surface area contributed by atoms with Gasteiger partial charge in [0, 0.05) is 5.92 Å². The first kappa shape index (κ1) is 11.1. The third kappa shape index (κ3) is 2.09. The largest absolute Gasteiger partial charge is 0.479 e. The minimum absolute atomic E-state index is 0.254. The molecule has 2 rings (SSSR count). The van der Waals surface area contributed by atoms with Gasteiger partial charge in [0.1, 0.15) is 0 Å². The average Bonchev–Trinajstić information content (AvgIpc) is 2.50. The van der Waals surface area contributed by atoms with E-state index in [-0.39, 0.29) is 5.92 Å².